The predicted octanol–water partition coefficient (Wildman–Crippen LogP) is 6.40. The molecule has 3 heterocycles. The number of methoxy groups -OCH3 is 1. The van der Waals surface area contributed by atoms with Crippen molar-refractivity contribution in [1.82, 2.24) is 9.36 Å². The molecule has 7 heteroatoms. The number of carbonyl (C=O) groups excluding carboxylic acids is 1. The summed E-state index contributed by atoms with van der Waals surface area (Å²) < 4.78 is 15.4. The zero-order chi connectivity index (χ0) is 31.2. The first kappa shape index (κ1) is 30.2. The van der Waals surface area contributed by atoms with Crippen molar-refractivity contribution in [2.45, 2.75) is 110 Å². The molecule has 2 bridgehead atoms. The summed E-state index contributed by atoms with van der Waals surface area (Å²) in [7, 11) is 1.64. The van der Waals surface area contributed by atoms with Crippen LogP contribution in [0, 0.1) is 40.4 Å². The average Bonchev–Trinajstić information content (AvgIpc) is 3.38. The first-order valence-electron chi connectivity index (χ1n) is 17.1. The summed E-state index contributed by atoms with van der Waals surface area (Å²) >= 11 is 0. The number of hydrogen-bond acceptors (Lipinski definition) is 5. The molecule has 44 heavy (non-hydrogen) atoms. The molecule has 8 rings (SSSR count). The van der Waals surface area contributed by atoms with Crippen LogP contribution in [0.25, 0.3) is 10.8 Å². The first-order valence-corrected chi connectivity index (χ1v) is 17.1. The van der Waals surface area contributed by atoms with Crippen LogP contribution in [-0.4, -0.2) is 35.2 Å². The summed E-state index contributed by atoms with van der Waals surface area (Å²) in [5.74, 6) is 1.81. The Kier molecular flexibility index (Phi) is 7.03. The first-order chi connectivity index (χ1) is 21.0. The van der Waals surface area contributed by atoms with Crippen molar-refractivity contribution >= 4 is 16.6 Å². The average molecular weight is 603 g/mol. The molecule has 3 saturated carbocycles. The Labute approximate surface area is 261 Å². The summed E-state index contributed by atoms with van der Waals surface area (Å²) in [4.78, 5) is 42.1. The molecule has 0 radical (unpaired) electrons. The fourth-order valence-electron chi connectivity index (χ4n) is 11.6. The number of benzene rings is 1. The van der Waals surface area contributed by atoms with Crippen molar-refractivity contribution in [3.63, 3.8) is 0 Å². The minimum Gasteiger partial charge on any atom is -0.359 e. The lowest BCUT2D eigenvalue weighted by Gasteiger charge is -2.72. The van der Waals surface area contributed by atoms with Gasteiger partial charge in [0, 0.05) is 31.3 Å². The molecule has 0 amide bonds. The van der Waals surface area contributed by atoms with Gasteiger partial charge in [0.05, 0.1) is 28.0 Å². The summed E-state index contributed by atoms with van der Waals surface area (Å²) in [6.07, 6.45) is 13.0. The number of nitrogens with zero attached hydrogens (tertiary/aromatic N) is 2. The van der Waals surface area contributed by atoms with Gasteiger partial charge in [0.2, 0.25) is 0 Å². The maximum absolute atomic E-state index is 14.8. The Balaban J connectivity index is 1.41. The third-order valence-electron chi connectivity index (χ3n) is 13.7. The van der Waals surface area contributed by atoms with Crippen LogP contribution in [-0.2, 0) is 25.3 Å². The highest BCUT2D eigenvalue weighted by atomic mass is 16.7. The lowest BCUT2D eigenvalue weighted by Crippen LogP contribution is -2.78. The van der Waals surface area contributed by atoms with Gasteiger partial charge in [-0.1, -0.05) is 58.9 Å². The van der Waals surface area contributed by atoms with Gasteiger partial charge in [0.25, 0.3) is 11.1 Å². The molecule has 1 aromatic carbocycles. The molecular weight excluding hydrogens is 552 g/mol. The molecular formula is C37H50N2O5. The molecule has 2 spiro atoms. The van der Waals surface area contributed by atoms with Gasteiger partial charge in [-0.05, 0) is 86.2 Å². The molecule has 4 aliphatic carbocycles. The van der Waals surface area contributed by atoms with Gasteiger partial charge in [-0.3, -0.25) is 14.4 Å². The third kappa shape index (κ3) is 3.72. The van der Waals surface area contributed by atoms with E-state index in [4.69, 9.17) is 9.47 Å². The fourth-order valence-corrected chi connectivity index (χ4v) is 11.6. The smallest absolute Gasteiger partial charge is 0.274 e. The van der Waals surface area contributed by atoms with Crippen molar-refractivity contribution < 1.29 is 14.3 Å². The second kappa shape index (κ2) is 10.2. The molecule has 3 fully saturated rings. The lowest BCUT2D eigenvalue weighted by molar-refractivity contribution is -0.212. The third-order valence-corrected chi connectivity index (χ3v) is 13.7. The van der Waals surface area contributed by atoms with Crippen molar-refractivity contribution in [2.24, 2.45) is 40.4 Å². The normalized spacial score (nSPS) is 39.2. The quantitative estimate of drug-likeness (QED) is 0.258. The van der Waals surface area contributed by atoms with Crippen LogP contribution < -0.4 is 11.1 Å². The van der Waals surface area contributed by atoms with E-state index < -0.39 is 11.1 Å². The standard InChI is InChI=1S/C37H50N2O5/c1-23(2)29(40)13-11-24(3)28-12-14-30-34(28,4)17-16-31-35(5)18-15-25(44-22-43-6)21-36(35)19-20-37(30,31)39-33(42)27-10-8-7-9-26(27)32(41)38(36)39/h7-10,19-20,23-25,28,30-31H,11-18,21-22H2,1-6H3/t24-,25?,28-,30-,31-,34-,35-,36?,37?/m1/s1. The second-order valence-corrected chi connectivity index (χ2v) is 15.8. The fraction of sp³-hybridized carbons (Fsp3) is 0.703. The summed E-state index contributed by atoms with van der Waals surface area (Å²) in [5.41, 5.74) is -1.50. The number of carbonyl (C=O) groups is 1. The zero-order valence-electron chi connectivity index (χ0n) is 27.4. The Morgan fingerprint density at radius 2 is 1.64 bits per heavy atom. The highest BCUT2D eigenvalue weighted by molar-refractivity contribution is 5.81. The van der Waals surface area contributed by atoms with Gasteiger partial charge in [0.15, 0.2) is 0 Å². The van der Waals surface area contributed by atoms with E-state index >= 15 is 0 Å². The van der Waals surface area contributed by atoms with Gasteiger partial charge in [-0.2, -0.15) is 0 Å². The van der Waals surface area contributed by atoms with Crippen molar-refractivity contribution in [2.75, 3.05) is 13.9 Å². The van der Waals surface area contributed by atoms with E-state index in [0.29, 0.717) is 41.2 Å². The Hall–Kier alpha value is -2.51. The van der Waals surface area contributed by atoms with E-state index in [-0.39, 0.29) is 52.6 Å². The van der Waals surface area contributed by atoms with Crippen LogP contribution in [0.1, 0.15) is 92.4 Å². The van der Waals surface area contributed by atoms with Crippen molar-refractivity contribution in [3.8, 4) is 0 Å². The van der Waals surface area contributed by atoms with Crippen LogP contribution in [0.5, 0.6) is 0 Å². The highest BCUT2D eigenvalue weighted by Gasteiger charge is 2.74. The van der Waals surface area contributed by atoms with Gasteiger partial charge in [0.1, 0.15) is 12.6 Å². The Morgan fingerprint density at radius 3 is 2.32 bits per heavy atom. The Bertz CT molecular complexity index is 1640. The minimum atomic E-state index is -0.646. The van der Waals surface area contributed by atoms with E-state index in [1.165, 1.54) is 0 Å². The molecule has 3 unspecified atom stereocenters. The van der Waals surface area contributed by atoms with Gasteiger partial charge < -0.3 is 9.47 Å². The number of aromatic nitrogens is 2. The number of fused-ring (bicyclic) bond motifs is 2. The maximum Gasteiger partial charge on any atom is 0.274 e. The lowest BCUT2D eigenvalue weighted by atomic mass is 9.40. The van der Waals surface area contributed by atoms with E-state index in [1.807, 2.05) is 47.5 Å². The summed E-state index contributed by atoms with van der Waals surface area (Å²) in [6, 6.07) is 7.40. The van der Waals surface area contributed by atoms with Crippen LogP contribution in [0.2, 0.25) is 0 Å². The SMILES string of the molecule is COCOC1CC[C@]2(C)[C@H]3CC[C@]4(C)[C@@H]([C@H](C)CCC(=O)C(C)C)CC[C@H]4C34C=CC2(C1)n1c(=O)c2ccccc2c(=O)n14. The van der Waals surface area contributed by atoms with E-state index in [0.717, 1.165) is 44.9 Å². The van der Waals surface area contributed by atoms with Crippen LogP contribution in [0.3, 0.4) is 0 Å². The van der Waals surface area contributed by atoms with E-state index in [2.05, 4.69) is 32.9 Å². The minimum absolute atomic E-state index is 0.0135. The molecule has 7 nitrogen and oxygen atoms in total. The topological polar surface area (TPSA) is 79.5 Å². The maximum atomic E-state index is 14.8. The molecule has 238 valence electrons. The van der Waals surface area contributed by atoms with Gasteiger partial charge in [-0.15, -0.1) is 0 Å². The zero-order valence-corrected chi connectivity index (χ0v) is 27.4. The number of allylic oxidation sites excluding steroid dienone is 2. The van der Waals surface area contributed by atoms with Crippen molar-refractivity contribution in [3.05, 3.63) is 57.1 Å². The van der Waals surface area contributed by atoms with Gasteiger partial charge >= 0.3 is 0 Å². The van der Waals surface area contributed by atoms with Crippen LogP contribution in [0.4, 0.5) is 0 Å². The monoisotopic (exact) mass is 602 g/mol. The number of Topliss-reactive ketones (excluding diaryl/α,β-unsaturated/α-hetero) is 1. The van der Waals surface area contributed by atoms with E-state index in [9.17, 15) is 14.4 Å². The number of ether oxygens (including phenoxy) is 2. The van der Waals surface area contributed by atoms with Crippen LogP contribution >= 0.6 is 0 Å². The largest absolute Gasteiger partial charge is 0.359 e. The predicted molar refractivity (Wildman–Crippen MR) is 172 cm³/mol. The Morgan fingerprint density at radius 1 is 0.932 bits per heavy atom. The summed E-state index contributed by atoms with van der Waals surface area (Å²) in [5, 5.41) is 1.02. The molecule has 2 aromatic rings. The molecule has 2 aliphatic heterocycles. The van der Waals surface area contributed by atoms with E-state index in [1.54, 1.807) is 7.11 Å². The molecule has 9 atom stereocenters. The van der Waals surface area contributed by atoms with Crippen LogP contribution in [0.15, 0.2) is 46.0 Å². The molecule has 1 aromatic heterocycles. The van der Waals surface area contributed by atoms with Crippen molar-refractivity contribution in [1.29, 1.82) is 0 Å². The highest BCUT2D eigenvalue weighted by Crippen LogP contribution is 2.74. The summed E-state index contributed by atoms with van der Waals surface area (Å²) in [6.45, 7) is 11.4. The molecule has 0 N–H and O–H groups in total. The molecule has 0 saturated heterocycles. The number of hydrogen-bond donors (Lipinski definition) is 0. The number of ketones is 1. The van der Waals surface area contributed by atoms with Gasteiger partial charge in [-0.25, -0.2) is 9.36 Å². The second-order valence-electron chi connectivity index (χ2n) is 15.8. The molecule has 6 aliphatic rings. The number of rotatable bonds is 8.